The van der Waals surface area contributed by atoms with Crippen LogP contribution in [-0.4, -0.2) is 30.2 Å². The molecule has 31 heavy (non-hydrogen) atoms. The highest BCUT2D eigenvalue weighted by Gasteiger charge is 2.21. The summed E-state index contributed by atoms with van der Waals surface area (Å²) in [6, 6.07) is 18.3. The molecule has 0 aromatic heterocycles. The minimum Gasteiger partial charge on any atom is -0.588 e. The van der Waals surface area contributed by atoms with E-state index >= 15 is 0 Å². The molecule has 0 bridgehead atoms. The molecule has 2 atom stereocenters. The highest BCUT2D eigenvalue weighted by molar-refractivity contribution is 7.92. The summed E-state index contributed by atoms with van der Waals surface area (Å²) >= 11 is 4.47. The Hall–Kier alpha value is -2.85. The highest BCUT2D eigenvalue weighted by atomic mass is 35.5. The van der Waals surface area contributed by atoms with Gasteiger partial charge >= 0.3 is 5.97 Å². The number of nitrogens with one attached hydrogen (secondary N) is 1. The quantitative estimate of drug-likeness (QED) is 0.294. The average molecular weight is 455 g/mol. The number of ether oxygens (including phenoxy) is 1. The standard InChI is InChI=1S/C24H23ClN2O3S/c1-4-15-27(17(2)16-24(28)30-3)23-14-13-22(20-7-5-6-8-21(20)23)26-31(29)19-11-9-18(25)10-12-19/h1,5-14,17,26H,15-16H2,2-3H3/t17-,31?/m0/s1. The van der Waals surface area contributed by atoms with Gasteiger partial charge in [-0.3, -0.25) is 4.79 Å². The lowest BCUT2D eigenvalue weighted by atomic mass is 10.0. The largest absolute Gasteiger partial charge is 0.588 e. The lowest BCUT2D eigenvalue weighted by molar-refractivity contribution is -0.140. The van der Waals surface area contributed by atoms with Crippen LogP contribution in [0.25, 0.3) is 10.8 Å². The summed E-state index contributed by atoms with van der Waals surface area (Å²) in [5.41, 5.74) is 1.63. The molecule has 0 heterocycles. The zero-order valence-electron chi connectivity index (χ0n) is 17.3. The summed E-state index contributed by atoms with van der Waals surface area (Å²) in [6.45, 7) is 2.27. The lowest BCUT2D eigenvalue weighted by Crippen LogP contribution is -2.35. The van der Waals surface area contributed by atoms with E-state index in [0.717, 1.165) is 22.1 Å². The number of nitrogens with zero attached hydrogens (tertiary/aromatic N) is 1. The Morgan fingerprint density at radius 1 is 1.19 bits per heavy atom. The SMILES string of the molecule is C#CCN(c1ccc(N[S+]([O-])c2ccc(Cl)cc2)c2ccccc12)[C@@H](C)CC(=O)OC. The first-order valence-electron chi connectivity index (χ1n) is 9.67. The number of esters is 1. The number of rotatable bonds is 8. The summed E-state index contributed by atoms with van der Waals surface area (Å²) in [4.78, 5) is 14.4. The Morgan fingerprint density at radius 3 is 2.52 bits per heavy atom. The Balaban J connectivity index is 1.97. The van der Waals surface area contributed by atoms with Crippen molar-refractivity contribution in [2.75, 3.05) is 23.3 Å². The third-order valence-electron chi connectivity index (χ3n) is 4.92. The van der Waals surface area contributed by atoms with Gasteiger partial charge in [-0.1, -0.05) is 41.8 Å². The minimum absolute atomic E-state index is 0.158. The van der Waals surface area contributed by atoms with Gasteiger partial charge in [0.05, 0.1) is 25.8 Å². The van der Waals surface area contributed by atoms with E-state index in [0.29, 0.717) is 16.5 Å². The van der Waals surface area contributed by atoms with Crippen LogP contribution in [0.1, 0.15) is 13.3 Å². The van der Waals surface area contributed by atoms with Gasteiger partial charge in [0.15, 0.2) is 4.90 Å². The van der Waals surface area contributed by atoms with Crippen LogP contribution in [0.15, 0.2) is 65.6 Å². The van der Waals surface area contributed by atoms with E-state index in [-0.39, 0.29) is 18.4 Å². The van der Waals surface area contributed by atoms with E-state index in [1.165, 1.54) is 7.11 Å². The van der Waals surface area contributed by atoms with Gasteiger partial charge in [-0.2, -0.15) is 0 Å². The van der Waals surface area contributed by atoms with Gasteiger partial charge in [0.1, 0.15) is 11.4 Å². The molecule has 0 saturated heterocycles. The molecule has 3 aromatic rings. The van der Waals surface area contributed by atoms with Crippen LogP contribution in [0, 0.1) is 12.3 Å². The Morgan fingerprint density at radius 2 is 1.87 bits per heavy atom. The molecular weight excluding hydrogens is 432 g/mol. The number of carbonyl (C=O) groups is 1. The Kier molecular flexibility index (Phi) is 7.69. The minimum atomic E-state index is -1.45. The van der Waals surface area contributed by atoms with Crippen molar-refractivity contribution in [3.05, 3.63) is 65.7 Å². The lowest BCUT2D eigenvalue weighted by Gasteiger charge is -2.30. The van der Waals surface area contributed by atoms with E-state index in [4.69, 9.17) is 22.8 Å². The molecule has 5 nitrogen and oxygen atoms in total. The molecule has 0 radical (unpaired) electrons. The molecule has 1 N–H and O–H groups in total. The predicted molar refractivity (Wildman–Crippen MR) is 128 cm³/mol. The predicted octanol–water partition coefficient (Wildman–Crippen LogP) is 5.02. The summed E-state index contributed by atoms with van der Waals surface area (Å²) in [5.74, 6) is 2.38. The molecule has 3 rings (SSSR count). The molecule has 0 fully saturated rings. The van der Waals surface area contributed by atoms with Gasteiger partial charge < -0.3 is 14.2 Å². The van der Waals surface area contributed by atoms with Crippen LogP contribution in [0.2, 0.25) is 5.02 Å². The summed E-state index contributed by atoms with van der Waals surface area (Å²) < 4.78 is 20.7. The van der Waals surface area contributed by atoms with Crippen molar-refractivity contribution in [3.8, 4) is 12.3 Å². The van der Waals surface area contributed by atoms with Crippen LogP contribution < -0.4 is 9.62 Å². The second kappa shape index (κ2) is 10.5. The van der Waals surface area contributed by atoms with Crippen LogP contribution in [0.5, 0.6) is 0 Å². The fourth-order valence-electron chi connectivity index (χ4n) is 3.35. The number of hydrogen-bond donors (Lipinski definition) is 1. The zero-order chi connectivity index (χ0) is 22.4. The molecule has 0 aliphatic heterocycles. The molecule has 0 spiro atoms. The van der Waals surface area contributed by atoms with Gasteiger partial charge in [-0.05, 0) is 43.3 Å². The van der Waals surface area contributed by atoms with Crippen molar-refractivity contribution in [2.24, 2.45) is 0 Å². The van der Waals surface area contributed by atoms with Crippen LogP contribution >= 0.6 is 11.6 Å². The fourth-order valence-corrected chi connectivity index (χ4v) is 4.36. The van der Waals surface area contributed by atoms with Crippen LogP contribution in [0.3, 0.4) is 0 Å². The number of benzene rings is 3. The van der Waals surface area contributed by atoms with Gasteiger partial charge in [-0.15, -0.1) is 6.42 Å². The van der Waals surface area contributed by atoms with Crippen molar-refractivity contribution >= 4 is 51.1 Å². The molecule has 0 amide bonds. The summed E-state index contributed by atoms with van der Waals surface area (Å²) in [7, 11) is 1.37. The maximum Gasteiger partial charge on any atom is 0.307 e. The normalized spacial score (nSPS) is 12.6. The number of terminal acetylenes is 1. The number of anilines is 2. The summed E-state index contributed by atoms with van der Waals surface area (Å²) in [5, 5.41) is 2.42. The molecule has 0 aliphatic rings. The molecule has 0 saturated carbocycles. The fraction of sp³-hybridized carbons (Fsp3) is 0.208. The number of halogens is 1. The molecule has 160 valence electrons. The van der Waals surface area contributed by atoms with E-state index < -0.39 is 11.4 Å². The monoisotopic (exact) mass is 454 g/mol. The van der Waals surface area contributed by atoms with Crippen molar-refractivity contribution in [1.29, 1.82) is 0 Å². The smallest absolute Gasteiger partial charge is 0.307 e. The average Bonchev–Trinajstić information content (AvgIpc) is 2.78. The molecule has 1 unspecified atom stereocenters. The second-order valence-electron chi connectivity index (χ2n) is 6.96. The first-order valence-corrected chi connectivity index (χ1v) is 11.2. The van der Waals surface area contributed by atoms with Crippen LogP contribution in [0.4, 0.5) is 11.4 Å². The molecular formula is C24H23ClN2O3S. The number of hydrogen-bond acceptors (Lipinski definition) is 5. The van der Waals surface area contributed by atoms with Crippen LogP contribution in [-0.2, 0) is 20.9 Å². The van der Waals surface area contributed by atoms with Gasteiger partial charge in [0.25, 0.3) is 0 Å². The first-order chi connectivity index (χ1) is 14.9. The van der Waals surface area contributed by atoms with Crippen molar-refractivity contribution in [1.82, 2.24) is 0 Å². The van der Waals surface area contributed by atoms with Gasteiger partial charge in [0, 0.05) is 27.5 Å². The molecule has 0 aliphatic carbocycles. The maximum absolute atomic E-state index is 12.8. The zero-order valence-corrected chi connectivity index (χ0v) is 18.9. The third-order valence-corrected chi connectivity index (χ3v) is 6.28. The summed E-state index contributed by atoms with van der Waals surface area (Å²) in [6.07, 6.45) is 5.83. The van der Waals surface area contributed by atoms with Gasteiger partial charge in [0.2, 0.25) is 0 Å². The third kappa shape index (κ3) is 5.45. The number of methoxy groups -OCH3 is 1. The number of fused-ring (bicyclic) bond motifs is 1. The number of carbonyl (C=O) groups excluding carboxylic acids is 1. The van der Waals surface area contributed by atoms with E-state index in [1.807, 2.05) is 48.2 Å². The van der Waals surface area contributed by atoms with Gasteiger partial charge in [-0.25, -0.2) is 4.72 Å². The van der Waals surface area contributed by atoms with Crippen molar-refractivity contribution in [2.45, 2.75) is 24.3 Å². The van der Waals surface area contributed by atoms with Crippen molar-refractivity contribution in [3.63, 3.8) is 0 Å². The first kappa shape index (κ1) is 22.8. The van der Waals surface area contributed by atoms with E-state index in [9.17, 15) is 9.35 Å². The molecule has 7 heteroatoms. The molecule has 3 aromatic carbocycles. The Labute approximate surface area is 190 Å². The topological polar surface area (TPSA) is 64.6 Å². The van der Waals surface area contributed by atoms with E-state index in [2.05, 4.69) is 10.6 Å². The van der Waals surface area contributed by atoms with E-state index in [1.54, 1.807) is 24.3 Å². The highest BCUT2D eigenvalue weighted by Crippen LogP contribution is 2.34. The second-order valence-corrected chi connectivity index (χ2v) is 8.61. The van der Waals surface area contributed by atoms with Crippen molar-refractivity contribution < 1.29 is 14.1 Å². The Bertz CT molecular complexity index is 1100. The maximum atomic E-state index is 12.8.